The van der Waals surface area contributed by atoms with Crippen LogP contribution >= 0.6 is 0 Å². The first kappa shape index (κ1) is 13.0. The SMILES string of the molecule is Cc1cc(O)ccc1C[C@H](C#N)c1ccc(O)cc1. The van der Waals surface area contributed by atoms with Crippen LogP contribution in [0.1, 0.15) is 22.6 Å². The third-order valence-electron chi connectivity index (χ3n) is 3.20. The van der Waals surface area contributed by atoms with Crippen molar-refractivity contribution in [3.63, 3.8) is 0 Å². The number of benzene rings is 2. The van der Waals surface area contributed by atoms with E-state index in [9.17, 15) is 15.5 Å². The maximum atomic E-state index is 9.38. The Hall–Kier alpha value is -2.47. The predicted molar refractivity (Wildman–Crippen MR) is 73.0 cm³/mol. The van der Waals surface area contributed by atoms with E-state index in [-0.39, 0.29) is 17.4 Å². The molecular formula is C16H15NO2. The van der Waals surface area contributed by atoms with Crippen LogP contribution in [0, 0.1) is 18.3 Å². The fourth-order valence-corrected chi connectivity index (χ4v) is 2.07. The largest absolute Gasteiger partial charge is 0.508 e. The van der Waals surface area contributed by atoms with Crippen LogP contribution in [0.5, 0.6) is 11.5 Å². The van der Waals surface area contributed by atoms with Gasteiger partial charge in [0.25, 0.3) is 0 Å². The molecular weight excluding hydrogens is 238 g/mol. The van der Waals surface area contributed by atoms with Gasteiger partial charge >= 0.3 is 0 Å². The minimum absolute atomic E-state index is 0.196. The van der Waals surface area contributed by atoms with E-state index in [1.54, 1.807) is 36.4 Å². The summed E-state index contributed by atoms with van der Waals surface area (Å²) in [4.78, 5) is 0. The van der Waals surface area contributed by atoms with Crippen molar-refractivity contribution in [2.75, 3.05) is 0 Å². The number of aromatic hydroxyl groups is 2. The summed E-state index contributed by atoms with van der Waals surface area (Å²) in [5.41, 5.74) is 2.89. The van der Waals surface area contributed by atoms with Gasteiger partial charge < -0.3 is 10.2 Å². The third-order valence-corrected chi connectivity index (χ3v) is 3.20. The molecule has 19 heavy (non-hydrogen) atoms. The van der Waals surface area contributed by atoms with Crippen molar-refractivity contribution >= 4 is 0 Å². The van der Waals surface area contributed by atoms with Crippen LogP contribution in [-0.2, 0) is 6.42 Å². The Bertz CT molecular complexity index is 612. The van der Waals surface area contributed by atoms with E-state index in [0.29, 0.717) is 6.42 Å². The number of hydrogen-bond acceptors (Lipinski definition) is 3. The summed E-state index contributed by atoms with van der Waals surface area (Å²) >= 11 is 0. The highest BCUT2D eigenvalue weighted by Crippen LogP contribution is 2.25. The Morgan fingerprint density at radius 2 is 1.68 bits per heavy atom. The van der Waals surface area contributed by atoms with Gasteiger partial charge in [0, 0.05) is 0 Å². The molecule has 1 atom stereocenters. The lowest BCUT2D eigenvalue weighted by atomic mass is 9.91. The van der Waals surface area contributed by atoms with Crippen LogP contribution in [0.4, 0.5) is 0 Å². The smallest absolute Gasteiger partial charge is 0.115 e. The highest BCUT2D eigenvalue weighted by Gasteiger charge is 2.13. The monoisotopic (exact) mass is 253 g/mol. The summed E-state index contributed by atoms with van der Waals surface area (Å²) in [5.74, 6) is 0.171. The van der Waals surface area contributed by atoms with Gasteiger partial charge in [-0.1, -0.05) is 18.2 Å². The van der Waals surface area contributed by atoms with Gasteiger partial charge in [0.1, 0.15) is 11.5 Å². The van der Waals surface area contributed by atoms with Crippen molar-refractivity contribution in [1.29, 1.82) is 5.26 Å². The Balaban J connectivity index is 2.24. The predicted octanol–water partition coefficient (Wildman–Crippen LogP) is 3.26. The molecule has 0 radical (unpaired) electrons. The lowest BCUT2D eigenvalue weighted by molar-refractivity contribution is 0.474. The van der Waals surface area contributed by atoms with E-state index < -0.39 is 0 Å². The highest BCUT2D eigenvalue weighted by atomic mass is 16.3. The van der Waals surface area contributed by atoms with Crippen LogP contribution in [0.25, 0.3) is 0 Å². The number of phenols is 2. The summed E-state index contributed by atoms with van der Waals surface area (Å²) in [6.45, 7) is 1.92. The normalized spacial score (nSPS) is 11.8. The minimum Gasteiger partial charge on any atom is -0.508 e. The van der Waals surface area contributed by atoms with Gasteiger partial charge in [-0.3, -0.25) is 0 Å². The average molecular weight is 253 g/mol. The molecule has 0 unspecified atom stereocenters. The first-order chi connectivity index (χ1) is 9.10. The van der Waals surface area contributed by atoms with Crippen molar-refractivity contribution in [1.82, 2.24) is 0 Å². The molecule has 0 fully saturated rings. The van der Waals surface area contributed by atoms with Crippen LogP contribution in [0.2, 0.25) is 0 Å². The summed E-state index contributed by atoms with van der Waals surface area (Å²) in [6.07, 6.45) is 0.591. The summed E-state index contributed by atoms with van der Waals surface area (Å²) in [6, 6.07) is 14.2. The number of phenolic OH excluding ortho intramolecular Hbond substituents is 2. The Morgan fingerprint density at radius 3 is 2.26 bits per heavy atom. The quantitative estimate of drug-likeness (QED) is 0.882. The van der Waals surface area contributed by atoms with Gasteiger partial charge in [0.05, 0.1) is 12.0 Å². The van der Waals surface area contributed by atoms with Crippen molar-refractivity contribution in [3.8, 4) is 17.6 Å². The molecule has 2 aromatic rings. The van der Waals surface area contributed by atoms with Gasteiger partial charge in [0.15, 0.2) is 0 Å². The van der Waals surface area contributed by atoms with Crippen molar-refractivity contribution in [2.24, 2.45) is 0 Å². The summed E-state index contributed by atoms with van der Waals surface area (Å²) in [5, 5.41) is 27.9. The highest BCUT2D eigenvalue weighted by molar-refractivity contribution is 5.38. The second-order valence-corrected chi connectivity index (χ2v) is 4.59. The van der Waals surface area contributed by atoms with E-state index in [4.69, 9.17) is 0 Å². The first-order valence-corrected chi connectivity index (χ1v) is 6.07. The van der Waals surface area contributed by atoms with Gasteiger partial charge in [-0.15, -0.1) is 0 Å². The van der Waals surface area contributed by atoms with E-state index in [1.165, 1.54) is 0 Å². The summed E-state index contributed by atoms with van der Waals surface area (Å²) in [7, 11) is 0. The van der Waals surface area contributed by atoms with Gasteiger partial charge in [-0.25, -0.2) is 0 Å². The van der Waals surface area contributed by atoms with E-state index in [2.05, 4.69) is 6.07 Å². The molecule has 0 amide bonds. The molecule has 3 heteroatoms. The molecule has 0 aliphatic rings. The lowest BCUT2D eigenvalue weighted by Crippen LogP contribution is -2.01. The lowest BCUT2D eigenvalue weighted by Gasteiger charge is -2.12. The molecule has 2 N–H and O–H groups in total. The molecule has 3 nitrogen and oxygen atoms in total. The van der Waals surface area contributed by atoms with Crippen molar-refractivity contribution < 1.29 is 10.2 Å². The molecule has 0 saturated carbocycles. The number of rotatable bonds is 3. The number of nitriles is 1. The Labute approximate surface area is 112 Å². The number of hydrogen-bond donors (Lipinski definition) is 2. The maximum Gasteiger partial charge on any atom is 0.115 e. The zero-order chi connectivity index (χ0) is 13.8. The average Bonchev–Trinajstić information content (AvgIpc) is 2.39. The van der Waals surface area contributed by atoms with Crippen molar-refractivity contribution in [2.45, 2.75) is 19.3 Å². The molecule has 0 heterocycles. The standard InChI is InChI=1S/C16H15NO2/c1-11-8-16(19)7-4-13(11)9-14(10-17)12-2-5-15(18)6-3-12/h2-8,14,18-19H,9H2,1H3/t14-/m1/s1. The fourth-order valence-electron chi connectivity index (χ4n) is 2.07. The molecule has 0 spiro atoms. The third kappa shape index (κ3) is 3.05. The van der Waals surface area contributed by atoms with Crippen LogP contribution in [0.3, 0.4) is 0 Å². The zero-order valence-electron chi connectivity index (χ0n) is 10.7. The van der Waals surface area contributed by atoms with Crippen LogP contribution in [0.15, 0.2) is 42.5 Å². The van der Waals surface area contributed by atoms with Crippen molar-refractivity contribution in [3.05, 3.63) is 59.2 Å². The Kier molecular flexibility index (Phi) is 3.72. The summed E-state index contributed by atoms with van der Waals surface area (Å²) < 4.78 is 0. The Morgan fingerprint density at radius 1 is 1.05 bits per heavy atom. The minimum atomic E-state index is -0.260. The molecule has 0 aliphatic carbocycles. The van der Waals surface area contributed by atoms with Gasteiger partial charge in [0.2, 0.25) is 0 Å². The second-order valence-electron chi connectivity index (χ2n) is 4.59. The van der Waals surface area contributed by atoms with Gasteiger partial charge in [-0.2, -0.15) is 5.26 Å². The number of nitrogens with zero attached hydrogens (tertiary/aromatic N) is 1. The number of aryl methyl sites for hydroxylation is 1. The topological polar surface area (TPSA) is 64.2 Å². The van der Waals surface area contributed by atoms with Crippen LogP contribution in [-0.4, -0.2) is 10.2 Å². The molecule has 0 saturated heterocycles. The first-order valence-electron chi connectivity index (χ1n) is 6.07. The zero-order valence-corrected chi connectivity index (χ0v) is 10.7. The van der Waals surface area contributed by atoms with E-state index in [0.717, 1.165) is 16.7 Å². The van der Waals surface area contributed by atoms with E-state index >= 15 is 0 Å². The maximum absolute atomic E-state index is 9.38. The molecule has 96 valence electrons. The van der Waals surface area contributed by atoms with E-state index in [1.807, 2.05) is 13.0 Å². The van der Waals surface area contributed by atoms with Gasteiger partial charge in [-0.05, 0) is 54.3 Å². The molecule has 0 aliphatic heterocycles. The molecule has 0 aromatic heterocycles. The molecule has 2 rings (SSSR count). The van der Waals surface area contributed by atoms with Crippen LogP contribution < -0.4 is 0 Å². The second kappa shape index (κ2) is 5.45. The molecule has 2 aromatic carbocycles. The molecule has 0 bridgehead atoms. The fraction of sp³-hybridized carbons (Fsp3) is 0.188.